The molecule has 32 heavy (non-hydrogen) atoms. The summed E-state index contributed by atoms with van der Waals surface area (Å²) in [5, 5.41) is 8.09. The highest BCUT2D eigenvalue weighted by molar-refractivity contribution is 6.01. The standard InChI is InChI=1S/C25H26FN5O/c1-15-13-30(14-16(2)28-15)21-7-5-4-6-8-22-18(21)12-19(25(32)27-3)24-29-20-10-9-17(26)11-23(20)31(22)24/h4-12,15-16,28H,13-14H2,1-3H3,(H,27,32)/b5-4?,6-4+,7-5-,8-6?,21-7?,21-18+,22-8-/t15-,16+. The molecule has 3 aromatic rings. The number of allylic oxidation sites excluding steroid dienone is 3. The Labute approximate surface area is 185 Å². The maximum atomic E-state index is 14.2. The normalized spacial score (nSPS) is 25.5. The van der Waals surface area contributed by atoms with E-state index in [0.29, 0.717) is 34.3 Å². The van der Waals surface area contributed by atoms with Crippen LogP contribution in [0, 0.1) is 5.82 Å². The van der Waals surface area contributed by atoms with Crippen LogP contribution in [0.15, 0.2) is 48.6 Å². The van der Waals surface area contributed by atoms with Gasteiger partial charge in [0.1, 0.15) is 5.82 Å². The van der Waals surface area contributed by atoms with Crippen LogP contribution in [0.3, 0.4) is 0 Å². The van der Waals surface area contributed by atoms with E-state index >= 15 is 0 Å². The molecule has 2 aliphatic rings. The molecule has 0 unspecified atom stereocenters. The van der Waals surface area contributed by atoms with E-state index in [-0.39, 0.29) is 11.7 Å². The minimum absolute atomic E-state index is 0.225. The van der Waals surface area contributed by atoms with Crippen LogP contribution < -0.4 is 21.2 Å². The third-order valence-electron chi connectivity index (χ3n) is 6.04. The molecule has 7 heteroatoms. The van der Waals surface area contributed by atoms with Gasteiger partial charge in [-0.05, 0) is 44.2 Å². The van der Waals surface area contributed by atoms with Crippen molar-refractivity contribution in [1.29, 1.82) is 0 Å². The van der Waals surface area contributed by atoms with Gasteiger partial charge in [0.25, 0.3) is 5.91 Å². The average molecular weight is 432 g/mol. The lowest BCUT2D eigenvalue weighted by atomic mass is 10.1. The number of hydrogen-bond donors (Lipinski definition) is 2. The van der Waals surface area contributed by atoms with E-state index in [1.54, 1.807) is 13.1 Å². The van der Waals surface area contributed by atoms with Crippen LogP contribution in [0.25, 0.3) is 28.5 Å². The molecular weight excluding hydrogens is 405 g/mol. The van der Waals surface area contributed by atoms with Gasteiger partial charge in [0.2, 0.25) is 0 Å². The molecule has 2 atom stereocenters. The number of carbonyl (C=O) groups is 1. The number of piperazine rings is 1. The number of nitrogens with zero attached hydrogens (tertiary/aromatic N) is 3. The Morgan fingerprint density at radius 3 is 2.69 bits per heavy atom. The second-order valence-electron chi connectivity index (χ2n) is 8.51. The summed E-state index contributed by atoms with van der Waals surface area (Å²) in [5.74, 6) is -0.565. The Morgan fingerprint density at radius 1 is 1.16 bits per heavy atom. The zero-order chi connectivity index (χ0) is 22.4. The monoisotopic (exact) mass is 431 g/mol. The SMILES string of the molecule is CNC(=O)c1cc2/c(n3c1nc1ccc(F)cc13)=C/C=C/C=C\C=2N1C[C@@H](C)N[C@@H](C)C1. The first-order chi connectivity index (χ1) is 15.5. The largest absolute Gasteiger partial charge is 0.368 e. The van der Waals surface area contributed by atoms with Crippen molar-refractivity contribution in [2.45, 2.75) is 25.9 Å². The van der Waals surface area contributed by atoms with Gasteiger partial charge in [-0.1, -0.05) is 18.2 Å². The molecule has 1 fully saturated rings. The molecule has 6 nitrogen and oxygen atoms in total. The van der Waals surface area contributed by atoms with E-state index < -0.39 is 0 Å². The minimum atomic E-state index is -0.339. The highest BCUT2D eigenvalue weighted by atomic mass is 19.1. The number of benzene rings is 1. The molecule has 1 amide bonds. The van der Waals surface area contributed by atoms with E-state index in [2.05, 4.69) is 40.4 Å². The molecule has 164 valence electrons. The number of amides is 1. The second kappa shape index (κ2) is 7.91. The summed E-state index contributed by atoms with van der Waals surface area (Å²) in [6, 6.07) is 7.10. The second-order valence-corrected chi connectivity index (χ2v) is 8.51. The van der Waals surface area contributed by atoms with Gasteiger partial charge in [0.05, 0.1) is 21.9 Å². The molecule has 2 aromatic heterocycles. The van der Waals surface area contributed by atoms with E-state index in [1.807, 2.05) is 34.8 Å². The quantitative estimate of drug-likeness (QED) is 0.648. The number of halogens is 1. The molecule has 1 aromatic carbocycles. The van der Waals surface area contributed by atoms with Gasteiger partial charge in [-0.2, -0.15) is 0 Å². The van der Waals surface area contributed by atoms with E-state index in [1.165, 1.54) is 12.1 Å². The van der Waals surface area contributed by atoms with Crippen molar-refractivity contribution in [2.75, 3.05) is 20.1 Å². The summed E-state index contributed by atoms with van der Waals surface area (Å²) in [6.07, 6.45) is 10.0. The highest BCUT2D eigenvalue weighted by Gasteiger charge is 2.24. The first-order valence-corrected chi connectivity index (χ1v) is 10.9. The molecular formula is C25H26FN5O. The van der Waals surface area contributed by atoms with Crippen molar-refractivity contribution >= 4 is 34.4 Å². The predicted molar refractivity (Wildman–Crippen MR) is 125 cm³/mol. The van der Waals surface area contributed by atoms with Crippen LogP contribution in [0.2, 0.25) is 0 Å². The van der Waals surface area contributed by atoms with E-state index in [9.17, 15) is 9.18 Å². The third-order valence-corrected chi connectivity index (χ3v) is 6.04. The average Bonchev–Trinajstić information content (AvgIpc) is 3.11. The fourth-order valence-electron chi connectivity index (χ4n) is 4.79. The number of hydrogen-bond acceptors (Lipinski definition) is 4. The first-order valence-electron chi connectivity index (χ1n) is 10.9. The van der Waals surface area contributed by atoms with Gasteiger partial charge < -0.3 is 15.5 Å². The van der Waals surface area contributed by atoms with Crippen LogP contribution >= 0.6 is 0 Å². The van der Waals surface area contributed by atoms with Crippen LogP contribution in [-0.2, 0) is 0 Å². The molecule has 0 radical (unpaired) electrons. The lowest BCUT2D eigenvalue weighted by Gasteiger charge is -2.38. The van der Waals surface area contributed by atoms with Crippen molar-refractivity contribution in [1.82, 2.24) is 24.9 Å². The molecule has 1 aliphatic carbocycles. The van der Waals surface area contributed by atoms with Crippen molar-refractivity contribution < 1.29 is 9.18 Å². The topological polar surface area (TPSA) is 61.7 Å². The van der Waals surface area contributed by atoms with E-state index in [0.717, 1.165) is 29.4 Å². The van der Waals surface area contributed by atoms with Crippen LogP contribution in [0.5, 0.6) is 0 Å². The molecule has 2 N–H and O–H groups in total. The molecule has 1 aliphatic heterocycles. The Bertz CT molecular complexity index is 1410. The Morgan fingerprint density at radius 2 is 1.94 bits per heavy atom. The lowest BCUT2D eigenvalue weighted by molar-refractivity contribution is 0.0964. The summed E-state index contributed by atoms with van der Waals surface area (Å²) >= 11 is 0. The number of aromatic nitrogens is 2. The van der Waals surface area contributed by atoms with Gasteiger partial charge in [-0.15, -0.1) is 0 Å². The number of rotatable bonds is 2. The van der Waals surface area contributed by atoms with Crippen molar-refractivity contribution in [3.63, 3.8) is 0 Å². The third kappa shape index (κ3) is 3.39. The van der Waals surface area contributed by atoms with Gasteiger partial charge in [0.15, 0.2) is 5.65 Å². The molecule has 0 bridgehead atoms. The number of imidazole rings is 1. The number of pyridine rings is 1. The number of nitrogens with one attached hydrogen (secondary N) is 2. The molecule has 0 spiro atoms. The zero-order valence-electron chi connectivity index (χ0n) is 18.4. The maximum absolute atomic E-state index is 14.2. The smallest absolute Gasteiger partial charge is 0.254 e. The minimum Gasteiger partial charge on any atom is -0.368 e. The van der Waals surface area contributed by atoms with Crippen LogP contribution in [0.4, 0.5) is 4.39 Å². The summed E-state index contributed by atoms with van der Waals surface area (Å²) < 4.78 is 16.1. The Hall–Kier alpha value is -3.45. The van der Waals surface area contributed by atoms with Gasteiger partial charge in [-0.3, -0.25) is 9.20 Å². The summed E-state index contributed by atoms with van der Waals surface area (Å²) in [6.45, 7) is 6.04. The molecule has 0 saturated carbocycles. The summed E-state index contributed by atoms with van der Waals surface area (Å²) in [7, 11) is 1.61. The fraction of sp³-hybridized carbons (Fsp3) is 0.280. The molecule has 3 heterocycles. The van der Waals surface area contributed by atoms with Gasteiger partial charge in [0, 0.05) is 49.2 Å². The van der Waals surface area contributed by atoms with Gasteiger partial charge in [-0.25, -0.2) is 9.37 Å². The van der Waals surface area contributed by atoms with Gasteiger partial charge >= 0.3 is 0 Å². The maximum Gasteiger partial charge on any atom is 0.254 e. The van der Waals surface area contributed by atoms with Crippen molar-refractivity contribution in [3.8, 4) is 0 Å². The highest BCUT2D eigenvalue weighted by Crippen LogP contribution is 2.19. The fourth-order valence-corrected chi connectivity index (χ4v) is 4.79. The van der Waals surface area contributed by atoms with Crippen LogP contribution in [0.1, 0.15) is 24.2 Å². The molecule has 5 rings (SSSR count). The molecule has 1 saturated heterocycles. The lowest BCUT2D eigenvalue weighted by Crippen LogP contribution is -2.54. The van der Waals surface area contributed by atoms with Crippen molar-refractivity contribution in [3.05, 3.63) is 70.5 Å². The Kier molecular flexibility index (Phi) is 5.06. The van der Waals surface area contributed by atoms with Crippen molar-refractivity contribution in [2.24, 2.45) is 0 Å². The Balaban J connectivity index is 1.96. The first kappa shape index (κ1) is 20.5. The zero-order valence-corrected chi connectivity index (χ0v) is 18.4. The van der Waals surface area contributed by atoms with E-state index in [4.69, 9.17) is 0 Å². The predicted octanol–water partition coefficient (Wildman–Crippen LogP) is 1.68. The number of carbonyl (C=O) groups excluding carboxylic acids is 1. The number of fused-ring (bicyclic) bond motifs is 5. The summed E-state index contributed by atoms with van der Waals surface area (Å²) in [4.78, 5) is 19.9. The van der Waals surface area contributed by atoms with Crippen LogP contribution in [-0.4, -0.2) is 52.4 Å². The summed E-state index contributed by atoms with van der Waals surface area (Å²) in [5.41, 5.74) is 3.29.